The number of nitriles is 2. The molecule has 0 aliphatic carbocycles. The zero-order valence-electron chi connectivity index (χ0n) is 20.2. The van der Waals surface area contributed by atoms with Gasteiger partial charge in [-0.15, -0.1) is 5.10 Å². The van der Waals surface area contributed by atoms with E-state index in [0.29, 0.717) is 46.7 Å². The molecule has 0 N–H and O–H groups in total. The number of hydrogen-bond acceptors (Lipinski definition) is 8. The Morgan fingerprint density at radius 3 is 2.57 bits per heavy atom. The van der Waals surface area contributed by atoms with Crippen LogP contribution < -0.4 is 4.74 Å². The number of hydrogen-bond donors (Lipinski definition) is 0. The largest absolute Gasteiger partial charge is 0.484 e. The maximum absolute atomic E-state index is 13.2. The molecule has 5 heterocycles. The molecule has 10 nitrogen and oxygen atoms in total. The first-order valence-electron chi connectivity index (χ1n) is 11.8. The Balaban J connectivity index is 1.51. The molecular formula is C25H23F2N9O. The van der Waals surface area contributed by atoms with Crippen molar-refractivity contribution >= 4 is 5.52 Å². The Hall–Kier alpha value is -4.58. The quantitative estimate of drug-likeness (QED) is 0.356. The number of halogens is 2. The molecular weight excluding hydrogens is 480 g/mol. The standard InChI is InChI=1S/C25H23F2N9O/c1-15-23(32-33-36(15)21-3-5-34(14-29)6-4-21)19-8-22(24-20(9-28)12-31-35(24)13-19)37-16(2)17-7-18(25(26)27)11-30-10-17/h7-8,10-13,16,21,25H,3-6H2,1-2H3. The predicted molar refractivity (Wildman–Crippen MR) is 127 cm³/mol. The molecule has 1 unspecified atom stereocenters. The van der Waals surface area contributed by atoms with Gasteiger partial charge >= 0.3 is 0 Å². The normalized spacial score (nSPS) is 15.1. The van der Waals surface area contributed by atoms with Gasteiger partial charge in [-0.3, -0.25) is 4.98 Å². The molecule has 1 aliphatic heterocycles. The van der Waals surface area contributed by atoms with E-state index < -0.39 is 12.5 Å². The van der Waals surface area contributed by atoms with Gasteiger partial charge in [-0.2, -0.15) is 15.6 Å². The van der Waals surface area contributed by atoms with Crippen molar-refractivity contribution in [1.29, 1.82) is 10.5 Å². The van der Waals surface area contributed by atoms with Gasteiger partial charge in [-0.1, -0.05) is 5.21 Å². The van der Waals surface area contributed by atoms with Crippen LogP contribution in [-0.2, 0) is 0 Å². The van der Waals surface area contributed by atoms with Gasteiger partial charge in [-0.05, 0) is 38.8 Å². The first kappa shape index (κ1) is 24.1. The summed E-state index contributed by atoms with van der Waals surface area (Å²) in [4.78, 5) is 5.65. The number of likely N-dealkylation sites (tertiary alicyclic amines) is 1. The molecule has 37 heavy (non-hydrogen) atoms. The Morgan fingerprint density at radius 1 is 1.11 bits per heavy atom. The van der Waals surface area contributed by atoms with Gasteiger partial charge in [0.25, 0.3) is 6.43 Å². The summed E-state index contributed by atoms with van der Waals surface area (Å²) in [6, 6.07) is 5.38. The number of pyridine rings is 2. The molecule has 0 bridgehead atoms. The molecule has 188 valence electrons. The molecule has 1 atom stereocenters. The Kier molecular flexibility index (Phi) is 6.40. The third-order valence-electron chi connectivity index (χ3n) is 6.66. The van der Waals surface area contributed by atoms with E-state index in [0.717, 1.165) is 24.7 Å². The molecule has 0 saturated carbocycles. The van der Waals surface area contributed by atoms with Crippen molar-refractivity contribution in [3.05, 3.63) is 59.3 Å². The Morgan fingerprint density at radius 2 is 1.86 bits per heavy atom. The molecule has 0 radical (unpaired) electrons. The lowest BCUT2D eigenvalue weighted by Gasteiger charge is -2.28. The fourth-order valence-electron chi connectivity index (χ4n) is 4.63. The maximum atomic E-state index is 13.2. The highest BCUT2D eigenvalue weighted by Gasteiger charge is 2.25. The minimum atomic E-state index is -2.65. The van der Waals surface area contributed by atoms with E-state index in [1.165, 1.54) is 18.5 Å². The summed E-state index contributed by atoms with van der Waals surface area (Å²) in [6.07, 6.45) is 6.30. The molecule has 0 aromatic carbocycles. The van der Waals surface area contributed by atoms with Crippen LogP contribution in [0.2, 0.25) is 0 Å². The molecule has 1 fully saturated rings. The van der Waals surface area contributed by atoms with Crippen molar-refractivity contribution in [2.75, 3.05) is 13.1 Å². The van der Waals surface area contributed by atoms with Crippen LogP contribution in [0.4, 0.5) is 8.78 Å². The van der Waals surface area contributed by atoms with E-state index in [1.54, 1.807) is 28.6 Å². The third kappa shape index (κ3) is 4.54. The van der Waals surface area contributed by atoms with Crippen molar-refractivity contribution in [3.63, 3.8) is 0 Å². The Bertz CT molecular complexity index is 1520. The van der Waals surface area contributed by atoms with E-state index in [1.807, 2.05) is 11.6 Å². The van der Waals surface area contributed by atoms with Crippen molar-refractivity contribution in [1.82, 2.24) is 34.5 Å². The summed E-state index contributed by atoms with van der Waals surface area (Å²) in [6.45, 7) is 5.00. The minimum absolute atomic E-state index is 0.134. The fourth-order valence-corrected chi connectivity index (χ4v) is 4.63. The molecule has 1 aliphatic rings. The van der Waals surface area contributed by atoms with Crippen LogP contribution in [0.3, 0.4) is 0 Å². The molecule has 1 saturated heterocycles. The van der Waals surface area contributed by atoms with Crippen LogP contribution in [0.15, 0.2) is 36.9 Å². The molecule has 12 heteroatoms. The molecule has 5 rings (SSSR count). The second kappa shape index (κ2) is 9.82. The summed E-state index contributed by atoms with van der Waals surface area (Å²) >= 11 is 0. The van der Waals surface area contributed by atoms with Crippen LogP contribution in [-0.4, -0.2) is 47.6 Å². The van der Waals surface area contributed by atoms with Crippen molar-refractivity contribution in [2.45, 2.75) is 45.3 Å². The van der Waals surface area contributed by atoms with Crippen LogP contribution >= 0.6 is 0 Å². The van der Waals surface area contributed by atoms with Gasteiger partial charge in [0.05, 0.1) is 17.9 Å². The van der Waals surface area contributed by atoms with Gasteiger partial charge in [0, 0.05) is 48.4 Å². The lowest BCUT2D eigenvalue weighted by Crippen LogP contribution is -2.31. The summed E-state index contributed by atoms with van der Waals surface area (Å²) in [5.41, 5.74) is 3.24. The van der Waals surface area contributed by atoms with E-state index in [2.05, 4.69) is 32.7 Å². The van der Waals surface area contributed by atoms with Crippen LogP contribution in [0.1, 0.15) is 60.7 Å². The highest BCUT2D eigenvalue weighted by atomic mass is 19.3. The highest BCUT2D eigenvalue weighted by Crippen LogP contribution is 2.34. The first-order chi connectivity index (χ1) is 17.9. The molecule has 4 aromatic rings. The zero-order valence-corrected chi connectivity index (χ0v) is 20.2. The highest BCUT2D eigenvalue weighted by molar-refractivity contribution is 5.74. The van der Waals surface area contributed by atoms with E-state index >= 15 is 0 Å². The minimum Gasteiger partial charge on any atom is -0.484 e. The van der Waals surface area contributed by atoms with E-state index in [4.69, 9.17) is 10.00 Å². The summed E-state index contributed by atoms with van der Waals surface area (Å²) in [7, 11) is 0. The van der Waals surface area contributed by atoms with Gasteiger partial charge in [0.15, 0.2) is 6.19 Å². The van der Waals surface area contributed by atoms with E-state index in [-0.39, 0.29) is 11.6 Å². The van der Waals surface area contributed by atoms with Gasteiger partial charge in [-0.25, -0.2) is 18.0 Å². The number of fused-ring (bicyclic) bond motifs is 1. The van der Waals surface area contributed by atoms with Gasteiger partial charge in [0.2, 0.25) is 0 Å². The number of alkyl halides is 2. The average Bonchev–Trinajstić information content (AvgIpc) is 3.52. The van der Waals surface area contributed by atoms with Gasteiger partial charge < -0.3 is 9.64 Å². The molecule has 0 spiro atoms. The second-order valence-electron chi connectivity index (χ2n) is 8.95. The number of rotatable bonds is 6. The number of piperidine rings is 1. The van der Waals surface area contributed by atoms with Crippen LogP contribution in [0.25, 0.3) is 16.8 Å². The van der Waals surface area contributed by atoms with Crippen molar-refractivity contribution in [3.8, 4) is 29.3 Å². The first-order valence-corrected chi connectivity index (χ1v) is 11.8. The SMILES string of the molecule is Cc1c(-c2cc(OC(C)c3cncc(C(F)F)c3)c3c(C#N)cnn3c2)nnn1C1CCN(C#N)CC1. The lowest BCUT2D eigenvalue weighted by molar-refractivity contribution is 0.150. The predicted octanol–water partition coefficient (Wildman–Crippen LogP) is 4.36. The molecule has 0 amide bonds. The topological polar surface area (TPSA) is 121 Å². The second-order valence-corrected chi connectivity index (χ2v) is 8.95. The van der Waals surface area contributed by atoms with Crippen LogP contribution in [0, 0.1) is 29.7 Å². The smallest absolute Gasteiger partial charge is 0.265 e. The fraction of sp³-hybridized carbons (Fsp3) is 0.360. The van der Waals surface area contributed by atoms with Crippen LogP contribution in [0.5, 0.6) is 5.75 Å². The van der Waals surface area contributed by atoms with Crippen molar-refractivity contribution < 1.29 is 13.5 Å². The zero-order chi connectivity index (χ0) is 26.1. The van der Waals surface area contributed by atoms with Gasteiger partial charge in [0.1, 0.15) is 34.7 Å². The Labute approximate surface area is 211 Å². The number of aromatic nitrogens is 6. The summed E-state index contributed by atoms with van der Waals surface area (Å²) in [5, 5.41) is 31.9. The molecule has 4 aromatic heterocycles. The average molecular weight is 504 g/mol. The number of ether oxygens (including phenoxy) is 1. The summed E-state index contributed by atoms with van der Waals surface area (Å²) in [5.74, 6) is 0.359. The number of nitrogens with zero attached hydrogens (tertiary/aromatic N) is 9. The maximum Gasteiger partial charge on any atom is 0.265 e. The summed E-state index contributed by atoms with van der Waals surface area (Å²) < 4.78 is 36.0. The monoisotopic (exact) mass is 503 g/mol. The third-order valence-corrected chi connectivity index (χ3v) is 6.66. The lowest BCUT2D eigenvalue weighted by atomic mass is 10.0. The van der Waals surface area contributed by atoms with Crippen molar-refractivity contribution in [2.24, 2.45) is 0 Å². The van der Waals surface area contributed by atoms with E-state index in [9.17, 15) is 14.0 Å².